The smallest absolute Gasteiger partial charge is 0.221 e. The normalized spacial score (nSPS) is 11.2. The Morgan fingerprint density at radius 1 is 1.04 bits per heavy atom. The predicted molar refractivity (Wildman–Crippen MR) is 116 cm³/mol. The quantitative estimate of drug-likeness (QED) is 0.425. The average molecular weight is 383 g/mol. The Kier molecular flexibility index (Phi) is 3.95. The molecule has 0 atom stereocenters. The van der Waals surface area contributed by atoms with Crippen LogP contribution in [0.4, 0.5) is 5.69 Å². The number of hydrogen-bond acceptors (Lipinski definition) is 3. The largest absolute Gasteiger partial charge is 0.326 e. The Bertz CT molecular complexity index is 1330. The van der Waals surface area contributed by atoms with E-state index in [9.17, 15) is 4.79 Å². The molecule has 0 radical (unpaired) electrons. The van der Waals surface area contributed by atoms with Gasteiger partial charge in [-0.25, -0.2) is 4.98 Å². The molecule has 5 heteroatoms. The van der Waals surface area contributed by atoms with Crippen LogP contribution in [0.25, 0.3) is 38.1 Å². The first kappa shape index (κ1) is 16.7. The number of carbonyl (C=O) groups is 1. The Labute approximate surface area is 166 Å². The van der Waals surface area contributed by atoms with Crippen LogP contribution in [0.1, 0.15) is 6.92 Å². The van der Waals surface area contributed by atoms with Crippen molar-refractivity contribution in [3.8, 4) is 22.4 Å². The molecule has 1 amide bonds. The number of amides is 1. The van der Waals surface area contributed by atoms with Crippen molar-refractivity contribution in [2.75, 3.05) is 5.32 Å². The minimum Gasteiger partial charge on any atom is -0.326 e. The maximum absolute atomic E-state index is 11.4. The number of fused-ring (bicyclic) bond motifs is 2. The van der Waals surface area contributed by atoms with E-state index < -0.39 is 0 Å². The summed E-state index contributed by atoms with van der Waals surface area (Å²) in [5.41, 5.74) is 6.05. The van der Waals surface area contributed by atoms with Crippen molar-refractivity contribution in [3.63, 3.8) is 0 Å². The fourth-order valence-corrected chi connectivity index (χ4v) is 4.48. The van der Waals surface area contributed by atoms with Crippen molar-refractivity contribution >= 4 is 38.7 Å². The summed E-state index contributed by atoms with van der Waals surface area (Å²) in [6.07, 6.45) is 4.01. The zero-order valence-corrected chi connectivity index (χ0v) is 16.0. The number of carbonyl (C=O) groups excluding carboxylic acids is 1. The summed E-state index contributed by atoms with van der Waals surface area (Å²) in [6, 6.07) is 20.5. The van der Waals surface area contributed by atoms with E-state index in [1.807, 2.05) is 36.5 Å². The monoisotopic (exact) mass is 383 g/mol. The lowest BCUT2D eigenvalue weighted by Gasteiger charge is -2.07. The van der Waals surface area contributed by atoms with Gasteiger partial charge in [-0.2, -0.15) is 0 Å². The highest BCUT2D eigenvalue weighted by Gasteiger charge is 2.11. The van der Waals surface area contributed by atoms with Gasteiger partial charge >= 0.3 is 0 Å². The number of nitrogens with zero attached hydrogens (tertiary/aromatic N) is 2. The van der Waals surface area contributed by atoms with Crippen LogP contribution in [0.15, 0.2) is 78.4 Å². The van der Waals surface area contributed by atoms with E-state index in [2.05, 4.69) is 56.6 Å². The molecule has 0 spiro atoms. The molecular weight excluding hydrogens is 366 g/mol. The van der Waals surface area contributed by atoms with Crippen LogP contribution in [0, 0.1) is 0 Å². The van der Waals surface area contributed by atoms with Crippen molar-refractivity contribution in [3.05, 3.63) is 78.4 Å². The lowest BCUT2D eigenvalue weighted by Crippen LogP contribution is -2.05. The lowest BCUT2D eigenvalue weighted by molar-refractivity contribution is -0.114. The van der Waals surface area contributed by atoms with E-state index in [1.165, 1.54) is 22.6 Å². The van der Waals surface area contributed by atoms with Crippen LogP contribution >= 0.6 is 11.3 Å². The molecule has 0 saturated heterocycles. The molecule has 1 N–H and O–H groups in total. The third-order valence-electron chi connectivity index (χ3n) is 4.78. The highest BCUT2D eigenvalue weighted by molar-refractivity contribution is 7.17. The molecular formula is C23H17N3OS. The Hall–Kier alpha value is -3.44. The third-order valence-corrected chi connectivity index (χ3v) is 5.74. The Morgan fingerprint density at radius 2 is 1.93 bits per heavy atom. The van der Waals surface area contributed by atoms with Gasteiger partial charge in [0.1, 0.15) is 5.65 Å². The number of anilines is 1. The Morgan fingerprint density at radius 3 is 2.82 bits per heavy atom. The van der Waals surface area contributed by atoms with Gasteiger partial charge in [0.05, 0.1) is 11.9 Å². The SMILES string of the molecule is CC(=O)Nc1cccc(-c2cnc3ccc(-c4csc5ccccc45)cn23)c1. The number of hydrogen-bond donors (Lipinski definition) is 1. The van der Waals surface area contributed by atoms with Crippen molar-refractivity contribution in [2.24, 2.45) is 0 Å². The Balaban J connectivity index is 1.64. The van der Waals surface area contributed by atoms with Crippen LogP contribution in [0.5, 0.6) is 0 Å². The van der Waals surface area contributed by atoms with Gasteiger partial charge in [0.2, 0.25) is 5.91 Å². The first-order valence-electron chi connectivity index (χ1n) is 9.01. The highest BCUT2D eigenvalue weighted by Crippen LogP contribution is 2.34. The molecule has 0 aliphatic carbocycles. The predicted octanol–water partition coefficient (Wildman–Crippen LogP) is 5.84. The van der Waals surface area contributed by atoms with Gasteiger partial charge < -0.3 is 5.32 Å². The van der Waals surface area contributed by atoms with Crippen LogP contribution < -0.4 is 5.32 Å². The van der Waals surface area contributed by atoms with Gasteiger partial charge in [-0.05, 0) is 41.3 Å². The van der Waals surface area contributed by atoms with Crippen molar-refractivity contribution < 1.29 is 4.79 Å². The minimum absolute atomic E-state index is 0.0816. The summed E-state index contributed by atoms with van der Waals surface area (Å²) < 4.78 is 3.39. The summed E-state index contributed by atoms with van der Waals surface area (Å²) in [5, 5.41) is 6.31. The first-order valence-corrected chi connectivity index (χ1v) is 9.89. The van der Waals surface area contributed by atoms with Gasteiger partial charge in [0.25, 0.3) is 0 Å². The second-order valence-electron chi connectivity index (χ2n) is 6.70. The molecule has 0 aliphatic heterocycles. The lowest BCUT2D eigenvalue weighted by atomic mass is 10.1. The molecule has 0 fully saturated rings. The number of pyridine rings is 1. The summed E-state index contributed by atoms with van der Waals surface area (Å²) in [5.74, 6) is -0.0816. The number of nitrogens with one attached hydrogen (secondary N) is 1. The molecule has 4 nitrogen and oxygen atoms in total. The topological polar surface area (TPSA) is 46.4 Å². The standard InChI is InChI=1S/C23H17N3OS/c1-15(27)25-18-6-4-5-16(11-18)21-12-24-23-10-9-17(13-26(21)23)20-14-28-22-8-3-2-7-19(20)22/h2-14H,1H3,(H,25,27). The van der Waals surface area contributed by atoms with Crippen molar-refractivity contribution in [1.29, 1.82) is 0 Å². The zero-order valence-electron chi connectivity index (χ0n) is 15.2. The minimum atomic E-state index is -0.0816. The van der Waals surface area contributed by atoms with Gasteiger partial charge in [-0.15, -0.1) is 11.3 Å². The summed E-state index contributed by atoms with van der Waals surface area (Å²) in [4.78, 5) is 15.9. The maximum Gasteiger partial charge on any atom is 0.221 e. The van der Waals surface area contributed by atoms with Crippen LogP contribution in [-0.4, -0.2) is 15.3 Å². The van der Waals surface area contributed by atoms with E-state index in [-0.39, 0.29) is 5.91 Å². The second kappa shape index (κ2) is 6.62. The van der Waals surface area contributed by atoms with Gasteiger partial charge in [0.15, 0.2) is 0 Å². The first-order chi connectivity index (χ1) is 13.7. The van der Waals surface area contributed by atoms with E-state index >= 15 is 0 Å². The van der Waals surface area contributed by atoms with E-state index in [0.29, 0.717) is 0 Å². The number of thiophene rings is 1. The van der Waals surface area contributed by atoms with Gasteiger partial charge in [-0.1, -0.05) is 30.3 Å². The van der Waals surface area contributed by atoms with Crippen LogP contribution in [0.2, 0.25) is 0 Å². The summed E-state index contributed by atoms with van der Waals surface area (Å²) in [6.45, 7) is 1.51. The fourth-order valence-electron chi connectivity index (χ4n) is 3.51. The molecule has 2 aromatic carbocycles. The van der Waals surface area contributed by atoms with Crippen LogP contribution in [-0.2, 0) is 4.79 Å². The van der Waals surface area contributed by atoms with Gasteiger partial charge in [0, 0.05) is 40.0 Å². The highest BCUT2D eigenvalue weighted by atomic mass is 32.1. The van der Waals surface area contributed by atoms with E-state index in [1.54, 1.807) is 11.3 Å². The molecule has 0 unspecified atom stereocenters. The molecule has 0 saturated carbocycles. The average Bonchev–Trinajstić information content (AvgIpc) is 3.31. The van der Waals surface area contributed by atoms with E-state index in [4.69, 9.17) is 0 Å². The number of benzene rings is 2. The van der Waals surface area contributed by atoms with Crippen molar-refractivity contribution in [1.82, 2.24) is 9.38 Å². The molecule has 3 heterocycles. The fraction of sp³-hybridized carbons (Fsp3) is 0.0435. The molecule has 5 aromatic rings. The maximum atomic E-state index is 11.4. The number of aromatic nitrogens is 2. The zero-order chi connectivity index (χ0) is 19.1. The molecule has 0 aliphatic rings. The summed E-state index contributed by atoms with van der Waals surface area (Å²) >= 11 is 1.76. The molecule has 0 bridgehead atoms. The molecule has 136 valence electrons. The summed E-state index contributed by atoms with van der Waals surface area (Å²) in [7, 11) is 0. The number of rotatable bonds is 3. The molecule has 5 rings (SSSR count). The molecule has 3 aromatic heterocycles. The second-order valence-corrected chi connectivity index (χ2v) is 7.61. The van der Waals surface area contributed by atoms with Crippen molar-refractivity contribution in [2.45, 2.75) is 6.92 Å². The van der Waals surface area contributed by atoms with E-state index in [0.717, 1.165) is 28.2 Å². The third kappa shape index (κ3) is 2.86. The molecule has 28 heavy (non-hydrogen) atoms. The number of imidazole rings is 1. The van der Waals surface area contributed by atoms with Gasteiger partial charge in [-0.3, -0.25) is 9.20 Å². The van der Waals surface area contributed by atoms with Crippen LogP contribution in [0.3, 0.4) is 0 Å².